The topological polar surface area (TPSA) is 29.1 Å². The molecule has 0 saturated heterocycles. The summed E-state index contributed by atoms with van der Waals surface area (Å²) in [5.74, 6) is -0.167. The van der Waals surface area contributed by atoms with Crippen LogP contribution in [0.3, 0.4) is 0 Å². The zero-order valence-corrected chi connectivity index (χ0v) is 10.1. The number of hydrogen-bond acceptors (Lipinski definition) is 1. The van der Waals surface area contributed by atoms with Crippen molar-refractivity contribution in [3.8, 4) is 0 Å². The summed E-state index contributed by atoms with van der Waals surface area (Å²) in [4.78, 5) is 11.3. The molecule has 0 heterocycles. The third kappa shape index (κ3) is 3.73. The van der Waals surface area contributed by atoms with E-state index < -0.39 is 5.38 Å². The maximum absolute atomic E-state index is 11.3. The van der Waals surface area contributed by atoms with E-state index in [9.17, 15) is 4.79 Å². The molecule has 0 bridgehead atoms. The fourth-order valence-electron chi connectivity index (χ4n) is 1.16. The van der Waals surface area contributed by atoms with Crippen LogP contribution in [0.2, 0.25) is 5.02 Å². The van der Waals surface area contributed by atoms with Crippen molar-refractivity contribution in [2.45, 2.75) is 25.3 Å². The van der Waals surface area contributed by atoms with Crippen LogP contribution < -0.4 is 5.32 Å². The molecular weight excluding hydrogens is 233 g/mol. The molecule has 1 aromatic rings. The van der Waals surface area contributed by atoms with E-state index in [0.717, 1.165) is 5.56 Å². The van der Waals surface area contributed by atoms with Gasteiger partial charge in [0.2, 0.25) is 5.91 Å². The van der Waals surface area contributed by atoms with Gasteiger partial charge in [0, 0.05) is 5.02 Å². The van der Waals surface area contributed by atoms with Crippen molar-refractivity contribution in [1.29, 1.82) is 0 Å². The van der Waals surface area contributed by atoms with E-state index in [0.29, 0.717) is 5.02 Å². The van der Waals surface area contributed by atoms with Gasteiger partial charge in [-0.3, -0.25) is 4.79 Å². The van der Waals surface area contributed by atoms with Gasteiger partial charge in [-0.1, -0.05) is 23.7 Å². The number of rotatable bonds is 3. The van der Waals surface area contributed by atoms with Crippen LogP contribution in [0.25, 0.3) is 0 Å². The second-order valence-electron chi connectivity index (χ2n) is 3.40. The van der Waals surface area contributed by atoms with Crippen molar-refractivity contribution in [3.05, 3.63) is 34.9 Å². The molecule has 0 aliphatic heterocycles. The highest BCUT2D eigenvalue weighted by Gasteiger charge is 2.13. The first kappa shape index (κ1) is 12.3. The Hall–Kier alpha value is -0.730. The molecule has 1 aromatic carbocycles. The Morgan fingerprint density at radius 3 is 2.27 bits per heavy atom. The van der Waals surface area contributed by atoms with Crippen molar-refractivity contribution in [1.82, 2.24) is 5.32 Å². The molecule has 2 atom stereocenters. The normalized spacial score (nSPS) is 14.4. The van der Waals surface area contributed by atoms with Crippen LogP contribution in [0.1, 0.15) is 25.5 Å². The van der Waals surface area contributed by atoms with Crippen molar-refractivity contribution in [2.75, 3.05) is 0 Å². The SMILES string of the molecule is C[C@H](Cl)C(=O)N[C@H](C)c1ccc(Cl)cc1. The summed E-state index contributed by atoms with van der Waals surface area (Å²) in [7, 11) is 0. The van der Waals surface area contributed by atoms with Crippen LogP contribution >= 0.6 is 23.2 Å². The van der Waals surface area contributed by atoms with Gasteiger partial charge in [-0.15, -0.1) is 11.6 Å². The molecule has 1 rings (SSSR count). The number of amides is 1. The number of carbonyl (C=O) groups excluding carboxylic acids is 1. The van der Waals surface area contributed by atoms with Gasteiger partial charge >= 0.3 is 0 Å². The lowest BCUT2D eigenvalue weighted by Crippen LogP contribution is -2.31. The molecule has 1 N–H and O–H groups in total. The van der Waals surface area contributed by atoms with E-state index in [1.165, 1.54) is 0 Å². The molecular formula is C11H13Cl2NO. The highest BCUT2D eigenvalue weighted by Crippen LogP contribution is 2.16. The van der Waals surface area contributed by atoms with Crippen molar-refractivity contribution in [3.63, 3.8) is 0 Å². The minimum absolute atomic E-state index is 0.0593. The van der Waals surface area contributed by atoms with Gasteiger partial charge in [-0.2, -0.15) is 0 Å². The second kappa shape index (κ2) is 5.38. The lowest BCUT2D eigenvalue weighted by atomic mass is 10.1. The first-order valence-electron chi connectivity index (χ1n) is 4.70. The summed E-state index contributed by atoms with van der Waals surface area (Å²) in [5.41, 5.74) is 1.00. The molecule has 0 saturated carbocycles. The Balaban J connectivity index is 2.65. The summed E-state index contributed by atoms with van der Waals surface area (Å²) in [5, 5.41) is 2.97. The minimum atomic E-state index is -0.514. The fraction of sp³-hybridized carbons (Fsp3) is 0.364. The first-order valence-corrected chi connectivity index (χ1v) is 5.52. The summed E-state index contributed by atoms with van der Waals surface area (Å²) in [6.45, 7) is 3.55. The van der Waals surface area contributed by atoms with E-state index >= 15 is 0 Å². The Kier molecular flexibility index (Phi) is 4.43. The highest BCUT2D eigenvalue weighted by molar-refractivity contribution is 6.30. The number of nitrogens with one attached hydrogen (secondary N) is 1. The lowest BCUT2D eigenvalue weighted by molar-refractivity contribution is -0.121. The van der Waals surface area contributed by atoms with Gasteiger partial charge < -0.3 is 5.32 Å². The van der Waals surface area contributed by atoms with Crippen LogP contribution in [0.5, 0.6) is 0 Å². The molecule has 1 amide bonds. The van der Waals surface area contributed by atoms with Crippen LogP contribution in [-0.4, -0.2) is 11.3 Å². The molecule has 0 radical (unpaired) electrons. The van der Waals surface area contributed by atoms with E-state index in [1.807, 2.05) is 19.1 Å². The molecule has 4 heteroatoms. The van der Waals surface area contributed by atoms with Gasteiger partial charge in [0.25, 0.3) is 0 Å². The molecule has 15 heavy (non-hydrogen) atoms. The van der Waals surface area contributed by atoms with Gasteiger partial charge in [-0.25, -0.2) is 0 Å². The predicted molar refractivity (Wildman–Crippen MR) is 63.3 cm³/mol. The molecule has 2 nitrogen and oxygen atoms in total. The van der Waals surface area contributed by atoms with Crippen molar-refractivity contribution < 1.29 is 4.79 Å². The maximum Gasteiger partial charge on any atom is 0.238 e. The van der Waals surface area contributed by atoms with Crippen LogP contribution in [0.15, 0.2) is 24.3 Å². The largest absolute Gasteiger partial charge is 0.348 e. The van der Waals surface area contributed by atoms with Crippen LogP contribution in [-0.2, 0) is 4.79 Å². The lowest BCUT2D eigenvalue weighted by Gasteiger charge is -2.15. The van der Waals surface area contributed by atoms with Gasteiger partial charge in [-0.05, 0) is 31.5 Å². The molecule has 0 aliphatic rings. The Bertz CT molecular complexity index is 335. The van der Waals surface area contributed by atoms with E-state index in [1.54, 1.807) is 19.1 Å². The average molecular weight is 246 g/mol. The monoisotopic (exact) mass is 245 g/mol. The minimum Gasteiger partial charge on any atom is -0.348 e. The molecule has 0 unspecified atom stereocenters. The second-order valence-corrected chi connectivity index (χ2v) is 4.49. The Morgan fingerprint density at radius 1 is 1.27 bits per heavy atom. The predicted octanol–water partition coefficient (Wildman–Crippen LogP) is 3.14. The molecule has 0 aromatic heterocycles. The zero-order valence-electron chi connectivity index (χ0n) is 8.63. The van der Waals surface area contributed by atoms with E-state index in [-0.39, 0.29) is 11.9 Å². The smallest absolute Gasteiger partial charge is 0.238 e. The summed E-state index contributed by atoms with van der Waals surface area (Å²) >= 11 is 11.4. The van der Waals surface area contributed by atoms with E-state index in [4.69, 9.17) is 23.2 Å². The standard InChI is InChI=1S/C11H13Cl2NO/c1-7(12)11(15)14-8(2)9-3-5-10(13)6-4-9/h3-8H,1-2H3,(H,14,15)/t7-,8+/m0/s1. The van der Waals surface area contributed by atoms with Crippen LogP contribution in [0, 0.1) is 0 Å². The number of hydrogen-bond donors (Lipinski definition) is 1. The average Bonchev–Trinajstić information content (AvgIpc) is 2.18. The third-order valence-corrected chi connectivity index (χ3v) is 2.54. The Labute approximate surface area is 99.6 Å². The third-order valence-electron chi connectivity index (χ3n) is 2.09. The van der Waals surface area contributed by atoms with Gasteiger partial charge in [0.1, 0.15) is 5.38 Å². The Morgan fingerprint density at radius 2 is 1.80 bits per heavy atom. The first-order chi connectivity index (χ1) is 7.00. The number of alkyl halides is 1. The zero-order chi connectivity index (χ0) is 11.4. The quantitative estimate of drug-likeness (QED) is 0.815. The number of benzene rings is 1. The van der Waals surface area contributed by atoms with Crippen LogP contribution in [0.4, 0.5) is 0 Å². The van der Waals surface area contributed by atoms with Gasteiger partial charge in [0.15, 0.2) is 0 Å². The summed E-state index contributed by atoms with van der Waals surface area (Å²) in [6, 6.07) is 7.29. The van der Waals surface area contributed by atoms with Gasteiger partial charge in [0.05, 0.1) is 6.04 Å². The summed E-state index contributed by atoms with van der Waals surface area (Å²) < 4.78 is 0. The van der Waals surface area contributed by atoms with Crippen molar-refractivity contribution in [2.24, 2.45) is 0 Å². The number of halogens is 2. The molecule has 0 spiro atoms. The molecule has 82 valence electrons. The number of carbonyl (C=O) groups is 1. The fourth-order valence-corrected chi connectivity index (χ4v) is 1.35. The maximum atomic E-state index is 11.3. The van der Waals surface area contributed by atoms with Crippen molar-refractivity contribution >= 4 is 29.1 Å². The highest BCUT2D eigenvalue weighted by atomic mass is 35.5. The molecule has 0 aliphatic carbocycles. The molecule has 0 fully saturated rings. The van der Waals surface area contributed by atoms with E-state index in [2.05, 4.69) is 5.32 Å². The summed E-state index contributed by atoms with van der Waals surface area (Å²) in [6.07, 6.45) is 0.